The number of halogens is 1. The molecule has 0 spiro atoms. The first-order valence-corrected chi connectivity index (χ1v) is 9.05. The van der Waals surface area contributed by atoms with Gasteiger partial charge in [-0.2, -0.15) is 0 Å². The second-order valence-corrected chi connectivity index (χ2v) is 6.79. The van der Waals surface area contributed by atoms with E-state index < -0.39 is 0 Å². The van der Waals surface area contributed by atoms with Crippen molar-refractivity contribution < 1.29 is 14.4 Å². The summed E-state index contributed by atoms with van der Waals surface area (Å²) in [6.07, 6.45) is 3.50. The zero-order valence-electron chi connectivity index (χ0n) is 15.0. The molecule has 2 atom stereocenters. The Morgan fingerprint density at radius 1 is 1.15 bits per heavy atom. The highest BCUT2D eigenvalue weighted by Gasteiger charge is 2.48. The van der Waals surface area contributed by atoms with Gasteiger partial charge in [-0.3, -0.25) is 19.3 Å². The molecule has 6 nitrogen and oxygen atoms in total. The van der Waals surface area contributed by atoms with E-state index in [-0.39, 0.29) is 48.5 Å². The molecule has 26 heavy (non-hydrogen) atoms. The average molecular weight is 380 g/mol. The molecule has 2 N–H and O–H groups in total. The molecule has 3 amide bonds. The minimum absolute atomic E-state index is 0. The lowest BCUT2D eigenvalue weighted by Crippen LogP contribution is -2.38. The van der Waals surface area contributed by atoms with Crippen LogP contribution in [0, 0.1) is 11.8 Å². The molecule has 142 valence electrons. The number of benzene rings is 1. The van der Waals surface area contributed by atoms with Gasteiger partial charge in [0.15, 0.2) is 0 Å². The summed E-state index contributed by atoms with van der Waals surface area (Å²) in [6, 6.07) is 7.56. The Bertz CT molecular complexity index is 656. The van der Waals surface area contributed by atoms with Gasteiger partial charge in [0.05, 0.1) is 11.8 Å². The molecule has 1 aromatic rings. The van der Waals surface area contributed by atoms with Crippen molar-refractivity contribution in [1.29, 1.82) is 0 Å². The van der Waals surface area contributed by atoms with Crippen LogP contribution >= 0.6 is 12.4 Å². The van der Waals surface area contributed by atoms with Crippen LogP contribution in [0.15, 0.2) is 24.3 Å². The standard InChI is InChI=1S/C19H25N3O3.ClH/c1-2-20-11-13-6-5-7-14(10-13)21-17(23)12-22-18(24)15-8-3-4-9-16(15)19(22)25;/h5-7,10,15-16,20H,2-4,8-9,11-12H2,1H3,(H,21,23);1H. The summed E-state index contributed by atoms with van der Waals surface area (Å²) >= 11 is 0. The molecule has 7 heteroatoms. The number of nitrogens with one attached hydrogen (secondary N) is 2. The molecule has 1 aromatic carbocycles. The van der Waals surface area contributed by atoms with Crippen LogP contribution in [0.2, 0.25) is 0 Å². The number of likely N-dealkylation sites (tertiary alicyclic amines) is 1. The number of anilines is 1. The van der Waals surface area contributed by atoms with Crippen molar-refractivity contribution in [2.75, 3.05) is 18.4 Å². The maximum Gasteiger partial charge on any atom is 0.244 e. The molecule has 1 heterocycles. The SMILES string of the molecule is CCNCc1cccc(NC(=O)CN2C(=O)C3CCCCC3C2=O)c1.Cl. The molecule has 2 fully saturated rings. The Kier molecular flexibility index (Phi) is 7.17. The van der Waals surface area contributed by atoms with Crippen molar-refractivity contribution in [3.63, 3.8) is 0 Å². The molecule has 2 unspecified atom stereocenters. The smallest absolute Gasteiger partial charge is 0.244 e. The number of imide groups is 1. The molecule has 0 radical (unpaired) electrons. The number of rotatable bonds is 6. The Hall–Kier alpha value is -1.92. The fourth-order valence-electron chi connectivity index (χ4n) is 3.76. The Morgan fingerprint density at radius 2 is 1.81 bits per heavy atom. The van der Waals surface area contributed by atoms with Crippen molar-refractivity contribution in [1.82, 2.24) is 10.2 Å². The lowest BCUT2D eigenvalue weighted by atomic mass is 9.81. The largest absolute Gasteiger partial charge is 0.325 e. The van der Waals surface area contributed by atoms with Crippen molar-refractivity contribution >= 4 is 35.8 Å². The molecule has 1 saturated heterocycles. The summed E-state index contributed by atoms with van der Waals surface area (Å²) in [7, 11) is 0. The van der Waals surface area contributed by atoms with Gasteiger partial charge < -0.3 is 10.6 Å². The molecular weight excluding hydrogens is 354 g/mol. The number of carbonyl (C=O) groups is 3. The fourth-order valence-corrected chi connectivity index (χ4v) is 3.76. The average Bonchev–Trinajstić information content (AvgIpc) is 2.85. The zero-order valence-corrected chi connectivity index (χ0v) is 15.8. The predicted octanol–water partition coefficient (Wildman–Crippen LogP) is 2.33. The molecule has 2 aliphatic rings. The van der Waals surface area contributed by atoms with E-state index in [0.717, 1.165) is 49.2 Å². The van der Waals surface area contributed by atoms with E-state index in [0.29, 0.717) is 5.69 Å². The van der Waals surface area contributed by atoms with Gasteiger partial charge in [0, 0.05) is 12.2 Å². The van der Waals surface area contributed by atoms with Crippen molar-refractivity contribution in [2.24, 2.45) is 11.8 Å². The zero-order chi connectivity index (χ0) is 17.8. The van der Waals surface area contributed by atoms with Crippen LogP contribution in [0.1, 0.15) is 38.2 Å². The quantitative estimate of drug-likeness (QED) is 0.743. The Balaban J connectivity index is 0.00000243. The molecule has 1 saturated carbocycles. The van der Waals surface area contributed by atoms with Crippen LogP contribution in [-0.2, 0) is 20.9 Å². The second kappa shape index (κ2) is 9.14. The van der Waals surface area contributed by atoms with E-state index in [2.05, 4.69) is 10.6 Å². The summed E-state index contributed by atoms with van der Waals surface area (Å²) in [6.45, 7) is 3.44. The second-order valence-electron chi connectivity index (χ2n) is 6.79. The van der Waals surface area contributed by atoms with Crippen molar-refractivity contribution in [3.8, 4) is 0 Å². The van der Waals surface area contributed by atoms with Crippen molar-refractivity contribution in [3.05, 3.63) is 29.8 Å². The number of hydrogen-bond acceptors (Lipinski definition) is 4. The number of carbonyl (C=O) groups excluding carboxylic acids is 3. The van der Waals surface area contributed by atoms with E-state index in [4.69, 9.17) is 0 Å². The number of nitrogens with zero attached hydrogens (tertiary/aromatic N) is 1. The van der Waals surface area contributed by atoms with Gasteiger partial charge in [-0.15, -0.1) is 12.4 Å². The highest BCUT2D eigenvalue weighted by Crippen LogP contribution is 2.37. The van der Waals surface area contributed by atoms with E-state index in [9.17, 15) is 14.4 Å². The maximum atomic E-state index is 12.4. The van der Waals surface area contributed by atoms with E-state index in [1.807, 2.05) is 25.1 Å². The van der Waals surface area contributed by atoms with Gasteiger partial charge >= 0.3 is 0 Å². The van der Waals surface area contributed by atoms with Gasteiger partial charge in [0.1, 0.15) is 6.54 Å². The van der Waals surface area contributed by atoms with Crippen LogP contribution in [-0.4, -0.2) is 35.7 Å². The van der Waals surface area contributed by atoms with Gasteiger partial charge in [-0.25, -0.2) is 0 Å². The van der Waals surface area contributed by atoms with E-state index in [1.165, 1.54) is 0 Å². The summed E-state index contributed by atoms with van der Waals surface area (Å²) in [5.74, 6) is -1.10. The van der Waals surface area contributed by atoms with Crippen LogP contribution in [0.4, 0.5) is 5.69 Å². The first-order chi connectivity index (χ1) is 12.1. The Labute approximate surface area is 160 Å². The molecule has 3 rings (SSSR count). The van der Waals surface area contributed by atoms with Crippen LogP contribution in [0.5, 0.6) is 0 Å². The van der Waals surface area contributed by atoms with Gasteiger partial charge in [0.2, 0.25) is 17.7 Å². The molecule has 0 aromatic heterocycles. The normalized spacial score (nSPS) is 22.0. The third-order valence-electron chi connectivity index (χ3n) is 5.02. The minimum Gasteiger partial charge on any atom is -0.325 e. The van der Waals surface area contributed by atoms with Gasteiger partial charge in [-0.05, 0) is 37.1 Å². The first kappa shape index (κ1) is 20.4. The summed E-state index contributed by atoms with van der Waals surface area (Å²) < 4.78 is 0. The topological polar surface area (TPSA) is 78.5 Å². The fraction of sp³-hybridized carbons (Fsp3) is 0.526. The number of hydrogen-bond donors (Lipinski definition) is 2. The van der Waals surface area contributed by atoms with Crippen LogP contribution < -0.4 is 10.6 Å². The monoisotopic (exact) mass is 379 g/mol. The lowest BCUT2D eigenvalue weighted by Gasteiger charge is -2.19. The molecule has 1 aliphatic heterocycles. The molecule has 1 aliphatic carbocycles. The third-order valence-corrected chi connectivity index (χ3v) is 5.02. The van der Waals surface area contributed by atoms with Crippen molar-refractivity contribution in [2.45, 2.75) is 39.2 Å². The van der Waals surface area contributed by atoms with E-state index in [1.54, 1.807) is 6.07 Å². The van der Waals surface area contributed by atoms with Gasteiger partial charge in [0.25, 0.3) is 0 Å². The highest BCUT2D eigenvalue weighted by atomic mass is 35.5. The number of amides is 3. The number of fused-ring (bicyclic) bond motifs is 1. The first-order valence-electron chi connectivity index (χ1n) is 9.05. The van der Waals surface area contributed by atoms with E-state index >= 15 is 0 Å². The third kappa shape index (κ3) is 4.43. The predicted molar refractivity (Wildman–Crippen MR) is 102 cm³/mol. The summed E-state index contributed by atoms with van der Waals surface area (Å²) in [4.78, 5) is 38.3. The maximum absolute atomic E-state index is 12.4. The van der Waals surface area contributed by atoms with Gasteiger partial charge in [-0.1, -0.05) is 31.9 Å². The minimum atomic E-state index is -0.332. The van der Waals surface area contributed by atoms with Crippen LogP contribution in [0.3, 0.4) is 0 Å². The molecular formula is C19H26ClN3O3. The molecule has 0 bridgehead atoms. The lowest BCUT2D eigenvalue weighted by molar-refractivity contribution is -0.142. The summed E-state index contributed by atoms with van der Waals surface area (Å²) in [5, 5.41) is 6.03. The summed E-state index contributed by atoms with van der Waals surface area (Å²) in [5.41, 5.74) is 1.75. The highest BCUT2D eigenvalue weighted by molar-refractivity contribution is 6.08. The van der Waals surface area contributed by atoms with Crippen LogP contribution in [0.25, 0.3) is 0 Å². The Morgan fingerprint density at radius 3 is 2.42 bits per heavy atom.